The van der Waals surface area contributed by atoms with Gasteiger partial charge in [-0.15, -0.1) is 10.2 Å². The van der Waals surface area contributed by atoms with Crippen molar-refractivity contribution >= 4 is 17.4 Å². The summed E-state index contributed by atoms with van der Waals surface area (Å²) in [4.78, 5) is 10.4. The molecule has 2 aliphatic rings. The monoisotopic (exact) mass is 318 g/mol. The van der Waals surface area contributed by atoms with E-state index in [1.165, 1.54) is 12.1 Å². The molecule has 8 heteroatoms. The molecule has 0 amide bonds. The van der Waals surface area contributed by atoms with Crippen LogP contribution in [0, 0.1) is 10.1 Å². The molecule has 1 saturated carbocycles. The average molecular weight is 318 g/mol. The van der Waals surface area contributed by atoms with Crippen molar-refractivity contribution in [3.05, 3.63) is 34.4 Å². The van der Waals surface area contributed by atoms with Crippen LogP contribution < -0.4 is 0 Å². The molecule has 0 bridgehead atoms. The lowest BCUT2D eigenvalue weighted by Gasteiger charge is -2.08. The SMILES string of the molecule is O=[N+]([O-])c1ccc(-c2nnc(SCC3CO3)n2C2CC2)cc1. The molecule has 22 heavy (non-hydrogen) atoms. The molecule has 1 aromatic carbocycles. The zero-order valence-electron chi connectivity index (χ0n) is 11.7. The Morgan fingerprint density at radius 1 is 1.32 bits per heavy atom. The Balaban J connectivity index is 1.63. The van der Waals surface area contributed by atoms with Gasteiger partial charge < -0.3 is 4.74 Å². The highest BCUT2D eigenvalue weighted by Crippen LogP contribution is 2.41. The Labute approximate surface area is 130 Å². The number of hydrogen-bond donors (Lipinski definition) is 0. The Bertz CT molecular complexity index is 707. The van der Waals surface area contributed by atoms with Gasteiger partial charge in [0.15, 0.2) is 11.0 Å². The lowest BCUT2D eigenvalue weighted by molar-refractivity contribution is -0.384. The van der Waals surface area contributed by atoms with Crippen LogP contribution in [-0.2, 0) is 4.74 Å². The van der Waals surface area contributed by atoms with Gasteiger partial charge in [-0.1, -0.05) is 11.8 Å². The highest BCUT2D eigenvalue weighted by atomic mass is 32.2. The lowest BCUT2D eigenvalue weighted by Crippen LogP contribution is -2.01. The van der Waals surface area contributed by atoms with Crippen LogP contribution in [0.1, 0.15) is 18.9 Å². The fourth-order valence-electron chi connectivity index (χ4n) is 2.30. The van der Waals surface area contributed by atoms with Crippen molar-refractivity contribution in [2.75, 3.05) is 12.4 Å². The van der Waals surface area contributed by atoms with Crippen molar-refractivity contribution in [3.63, 3.8) is 0 Å². The fraction of sp³-hybridized carbons (Fsp3) is 0.429. The third-order valence-corrected chi connectivity index (χ3v) is 4.79. The maximum atomic E-state index is 10.8. The first-order chi connectivity index (χ1) is 10.7. The summed E-state index contributed by atoms with van der Waals surface area (Å²) in [5.41, 5.74) is 0.946. The predicted molar refractivity (Wildman–Crippen MR) is 80.8 cm³/mol. The van der Waals surface area contributed by atoms with E-state index < -0.39 is 4.92 Å². The quantitative estimate of drug-likeness (QED) is 0.352. The van der Waals surface area contributed by atoms with E-state index >= 15 is 0 Å². The van der Waals surface area contributed by atoms with E-state index in [1.807, 2.05) is 0 Å². The molecule has 1 aliphatic carbocycles. The second kappa shape index (κ2) is 5.36. The van der Waals surface area contributed by atoms with Crippen LogP contribution in [0.4, 0.5) is 5.69 Å². The molecule has 0 spiro atoms. The summed E-state index contributed by atoms with van der Waals surface area (Å²) < 4.78 is 7.39. The van der Waals surface area contributed by atoms with Gasteiger partial charge in [-0.2, -0.15) is 0 Å². The average Bonchev–Trinajstić information content (AvgIpc) is 3.45. The van der Waals surface area contributed by atoms with E-state index in [0.717, 1.165) is 41.7 Å². The number of non-ortho nitro benzene ring substituents is 1. The second-order valence-electron chi connectivity index (χ2n) is 5.48. The van der Waals surface area contributed by atoms with E-state index in [-0.39, 0.29) is 5.69 Å². The zero-order chi connectivity index (χ0) is 15.1. The smallest absolute Gasteiger partial charge is 0.269 e. The molecule has 1 atom stereocenters. The van der Waals surface area contributed by atoms with Gasteiger partial charge in [0.2, 0.25) is 0 Å². The van der Waals surface area contributed by atoms with Crippen LogP contribution in [-0.4, -0.2) is 38.2 Å². The molecule has 2 fully saturated rings. The first-order valence-corrected chi connectivity index (χ1v) is 8.15. The third-order valence-electron chi connectivity index (χ3n) is 3.71. The number of benzene rings is 1. The third kappa shape index (κ3) is 2.71. The Hall–Kier alpha value is -1.93. The first-order valence-electron chi connectivity index (χ1n) is 7.16. The minimum atomic E-state index is -0.397. The second-order valence-corrected chi connectivity index (χ2v) is 6.46. The van der Waals surface area contributed by atoms with E-state index in [2.05, 4.69) is 14.8 Å². The number of epoxide rings is 1. The predicted octanol–water partition coefficient (Wildman–Crippen LogP) is 2.68. The van der Waals surface area contributed by atoms with Gasteiger partial charge in [0, 0.05) is 29.5 Å². The summed E-state index contributed by atoms with van der Waals surface area (Å²) >= 11 is 1.67. The van der Waals surface area contributed by atoms with Gasteiger partial charge in [-0.25, -0.2) is 0 Å². The van der Waals surface area contributed by atoms with Crippen molar-refractivity contribution in [2.45, 2.75) is 30.1 Å². The highest BCUT2D eigenvalue weighted by Gasteiger charge is 2.31. The van der Waals surface area contributed by atoms with Gasteiger partial charge in [0.05, 0.1) is 17.6 Å². The molecule has 2 aromatic rings. The van der Waals surface area contributed by atoms with Crippen LogP contribution in [0.5, 0.6) is 0 Å². The number of ether oxygens (including phenoxy) is 1. The number of nitro benzene ring substituents is 1. The fourth-order valence-corrected chi connectivity index (χ4v) is 3.30. The molecule has 4 rings (SSSR count). The summed E-state index contributed by atoms with van der Waals surface area (Å²) in [7, 11) is 0. The normalized spacial score (nSPS) is 20.1. The van der Waals surface area contributed by atoms with Gasteiger partial charge in [-0.3, -0.25) is 14.7 Å². The van der Waals surface area contributed by atoms with Gasteiger partial charge in [-0.05, 0) is 25.0 Å². The maximum Gasteiger partial charge on any atom is 0.269 e. The molecule has 1 unspecified atom stereocenters. The number of nitrogens with zero attached hydrogens (tertiary/aromatic N) is 4. The molecule has 0 N–H and O–H groups in total. The van der Waals surface area contributed by atoms with Crippen LogP contribution in [0.2, 0.25) is 0 Å². The number of hydrogen-bond acceptors (Lipinski definition) is 6. The van der Waals surface area contributed by atoms with E-state index in [4.69, 9.17) is 4.74 Å². The zero-order valence-corrected chi connectivity index (χ0v) is 12.5. The number of rotatable bonds is 6. The van der Waals surface area contributed by atoms with Crippen molar-refractivity contribution in [1.29, 1.82) is 0 Å². The largest absolute Gasteiger partial charge is 0.372 e. The summed E-state index contributed by atoms with van der Waals surface area (Å²) in [6.45, 7) is 0.833. The van der Waals surface area contributed by atoms with E-state index in [9.17, 15) is 10.1 Å². The Kier molecular flexibility index (Phi) is 3.34. The van der Waals surface area contributed by atoms with E-state index in [1.54, 1.807) is 23.9 Å². The molecule has 1 aliphatic heterocycles. The summed E-state index contributed by atoms with van der Waals surface area (Å²) in [5.74, 6) is 1.68. The molecule has 1 aromatic heterocycles. The highest BCUT2D eigenvalue weighted by molar-refractivity contribution is 7.99. The van der Waals surface area contributed by atoms with Crippen molar-refractivity contribution < 1.29 is 9.66 Å². The van der Waals surface area contributed by atoms with Gasteiger partial charge >= 0.3 is 0 Å². The molecular weight excluding hydrogens is 304 g/mol. The minimum absolute atomic E-state index is 0.0849. The standard InChI is InChI=1S/C14H14N4O3S/c19-18(20)11-3-1-9(2-4-11)13-15-16-14(17(13)10-5-6-10)22-8-12-7-21-12/h1-4,10,12H,5-8H2. The Morgan fingerprint density at radius 3 is 2.64 bits per heavy atom. The summed E-state index contributed by atoms with van der Waals surface area (Å²) in [6.07, 6.45) is 2.61. The number of aromatic nitrogens is 3. The molecule has 7 nitrogen and oxygen atoms in total. The minimum Gasteiger partial charge on any atom is -0.372 e. The maximum absolute atomic E-state index is 10.8. The lowest BCUT2D eigenvalue weighted by atomic mass is 10.2. The van der Waals surface area contributed by atoms with Gasteiger partial charge in [0.25, 0.3) is 5.69 Å². The molecule has 114 valence electrons. The van der Waals surface area contributed by atoms with Crippen molar-refractivity contribution in [2.24, 2.45) is 0 Å². The summed E-state index contributed by atoms with van der Waals surface area (Å²) in [6, 6.07) is 6.93. The van der Waals surface area contributed by atoms with Crippen LogP contribution >= 0.6 is 11.8 Å². The Morgan fingerprint density at radius 2 is 2.05 bits per heavy atom. The van der Waals surface area contributed by atoms with Crippen molar-refractivity contribution in [1.82, 2.24) is 14.8 Å². The molecule has 0 radical (unpaired) electrons. The van der Waals surface area contributed by atoms with Crippen molar-refractivity contribution in [3.8, 4) is 11.4 Å². The van der Waals surface area contributed by atoms with E-state index in [0.29, 0.717) is 12.1 Å². The van der Waals surface area contributed by atoms with Crippen LogP contribution in [0.25, 0.3) is 11.4 Å². The number of nitro groups is 1. The molecule has 1 saturated heterocycles. The van der Waals surface area contributed by atoms with Crippen LogP contribution in [0.15, 0.2) is 29.4 Å². The summed E-state index contributed by atoms with van der Waals surface area (Å²) in [5, 5.41) is 20.3. The molecular formula is C14H14N4O3S. The first kappa shape index (κ1) is 13.7. The number of thioether (sulfide) groups is 1. The topological polar surface area (TPSA) is 86.4 Å². The van der Waals surface area contributed by atoms with Gasteiger partial charge in [0.1, 0.15) is 0 Å². The van der Waals surface area contributed by atoms with Crippen LogP contribution in [0.3, 0.4) is 0 Å². The molecule has 2 heterocycles.